The van der Waals surface area contributed by atoms with E-state index in [4.69, 9.17) is 10.5 Å². The Balaban J connectivity index is 2.09. The van der Waals surface area contributed by atoms with Gasteiger partial charge in [-0.2, -0.15) is 0 Å². The minimum atomic E-state index is -0.515. The highest BCUT2D eigenvalue weighted by Gasteiger charge is 2.05. The quantitative estimate of drug-likeness (QED) is 0.873. The normalized spacial score (nSPS) is 9.75. The molecular formula is C15H12F2N2O. The topological polar surface area (TPSA) is 48.1 Å². The Morgan fingerprint density at radius 1 is 1.20 bits per heavy atom. The van der Waals surface area contributed by atoms with Gasteiger partial charge in [-0.3, -0.25) is 4.98 Å². The van der Waals surface area contributed by atoms with Gasteiger partial charge in [-0.25, -0.2) is 8.78 Å². The maximum atomic E-state index is 13.4. The van der Waals surface area contributed by atoms with E-state index < -0.39 is 11.6 Å². The third kappa shape index (κ3) is 3.77. The third-order valence-electron chi connectivity index (χ3n) is 2.45. The molecule has 0 aliphatic carbocycles. The fourth-order valence-corrected chi connectivity index (χ4v) is 1.53. The number of pyridine rings is 1. The van der Waals surface area contributed by atoms with E-state index in [1.807, 2.05) is 0 Å². The summed E-state index contributed by atoms with van der Waals surface area (Å²) in [5, 5.41) is 0. The predicted molar refractivity (Wildman–Crippen MR) is 70.9 cm³/mol. The summed E-state index contributed by atoms with van der Waals surface area (Å²) in [7, 11) is 0. The molecule has 2 rings (SSSR count). The van der Waals surface area contributed by atoms with Gasteiger partial charge in [-0.15, -0.1) is 0 Å². The minimum Gasteiger partial charge on any atom is -0.487 e. The van der Waals surface area contributed by atoms with E-state index in [0.29, 0.717) is 11.3 Å². The third-order valence-corrected chi connectivity index (χ3v) is 2.45. The summed E-state index contributed by atoms with van der Waals surface area (Å²) in [6.45, 7) is 0.165. The van der Waals surface area contributed by atoms with Gasteiger partial charge in [0.15, 0.2) is 0 Å². The molecule has 0 saturated carbocycles. The Morgan fingerprint density at radius 3 is 2.85 bits per heavy atom. The summed E-state index contributed by atoms with van der Waals surface area (Å²) in [5.41, 5.74) is 6.07. The number of nitrogens with zero attached hydrogens (tertiary/aromatic N) is 1. The zero-order chi connectivity index (χ0) is 14.4. The van der Waals surface area contributed by atoms with E-state index in [9.17, 15) is 8.78 Å². The van der Waals surface area contributed by atoms with Crippen molar-refractivity contribution in [3.63, 3.8) is 0 Å². The van der Waals surface area contributed by atoms with E-state index in [1.54, 1.807) is 12.3 Å². The minimum absolute atomic E-state index is 0.0843. The fourth-order valence-electron chi connectivity index (χ4n) is 1.53. The molecule has 0 amide bonds. The SMILES string of the molecule is NCC#Cc1cncc(OCc2cc(F)ccc2F)c1. The lowest BCUT2D eigenvalue weighted by Crippen LogP contribution is -2.00. The van der Waals surface area contributed by atoms with Crippen molar-refractivity contribution in [2.24, 2.45) is 5.73 Å². The van der Waals surface area contributed by atoms with Crippen LogP contribution in [-0.2, 0) is 6.61 Å². The number of benzene rings is 1. The van der Waals surface area contributed by atoms with E-state index >= 15 is 0 Å². The van der Waals surface area contributed by atoms with Crippen molar-refractivity contribution in [1.29, 1.82) is 0 Å². The van der Waals surface area contributed by atoms with Crippen LogP contribution >= 0.6 is 0 Å². The lowest BCUT2D eigenvalue weighted by Gasteiger charge is -2.07. The second-order valence-electron chi connectivity index (χ2n) is 3.94. The van der Waals surface area contributed by atoms with Gasteiger partial charge < -0.3 is 10.5 Å². The number of nitrogens with two attached hydrogens (primary N) is 1. The molecule has 2 N–H and O–H groups in total. The predicted octanol–water partition coefficient (Wildman–Crippen LogP) is 2.25. The van der Waals surface area contributed by atoms with Crippen LogP contribution in [0.4, 0.5) is 8.78 Å². The molecule has 1 heterocycles. The number of hydrogen-bond donors (Lipinski definition) is 1. The van der Waals surface area contributed by atoms with Crippen LogP contribution in [0.1, 0.15) is 11.1 Å². The molecule has 1 aromatic heterocycles. The highest BCUT2D eigenvalue weighted by atomic mass is 19.1. The average Bonchev–Trinajstić information content (AvgIpc) is 2.46. The Morgan fingerprint density at radius 2 is 2.05 bits per heavy atom. The second kappa shape index (κ2) is 6.64. The van der Waals surface area contributed by atoms with Crippen molar-refractivity contribution in [3.8, 4) is 17.6 Å². The van der Waals surface area contributed by atoms with Crippen LogP contribution in [0, 0.1) is 23.5 Å². The molecule has 0 bridgehead atoms. The van der Waals surface area contributed by atoms with Crippen molar-refractivity contribution in [2.45, 2.75) is 6.61 Å². The number of halogens is 2. The largest absolute Gasteiger partial charge is 0.487 e. The molecule has 1 aromatic carbocycles. The van der Waals surface area contributed by atoms with E-state index in [2.05, 4.69) is 16.8 Å². The second-order valence-corrected chi connectivity index (χ2v) is 3.94. The summed E-state index contributed by atoms with van der Waals surface area (Å²) >= 11 is 0. The van der Waals surface area contributed by atoms with Crippen LogP contribution < -0.4 is 10.5 Å². The first-order chi connectivity index (χ1) is 9.69. The molecule has 0 spiro atoms. The molecule has 5 heteroatoms. The Bertz CT molecular complexity index is 662. The zero-order valence-corrected chi connectivity index (χ0v) is 10.6. The zero-order valence-electron chi connectivity index (χ0n) is 10.6. The highest BCUT2D eigenvalue weighted by Crippen LogP contribution is 2.15. The Kier molecular flexibility index (Phi) is 4.64. The lowest BCUT2D eigenvalue weighted by molar-refractivity contribution is 0.298. The molecule has 0 atom stereocenters. The fraction of sp³-hybridized carbons (Fsp3) is 0.133. The first kappa shape index (κ1) is 14.0. The van der Waals surface area contributed by atoms with Crippen molar-refractivity contribution < 1.29 is 13.5 Å². The Labute approximate surface area is 115 Å². The molecule has 0 fully saturated rings. The average molecular weight is 274 g/mol. The smallest absolute Gasteiger partial charge is 0.139 e. The molecule has 3 nitrogen and oxygen atoms in total. The van der Waals surface area contributed by atoms with Crippen molar-refractivity contribution in [3.05, 3.63) is 59.4 Å². The summed E-state index contributed by atoms with van der Waals surface area (Å²) in [6.07, 6.45) is 3.04. The van der Waals surface area contributed by atoms with Crippen LogP contribution in [0.25, 0.3) is 0 Å². The standard InChI is InChI=1S/C15H12F2N2O/c16-13-3-4-15(17)12(7-13)10-20-14-6-11(2-1-5-18)8-19-9-14/h3-4,6-9H,5,10,18H2. The number of aromatic nitrogens is 1. The molecule has 2 aromatic rings. The summed E-state index contributed by atoms with van der Waals surface area (Å²) in [4.78, 5) is 3.95. The van der Waals surface area contributed by atoms with Gasteiger partial charge in [0.2, 0.25) is 0 Å². The molecule has 0 saturated heterocycles. The maximum absolute atomic E-state index is 13.4. The van der Waals surface area contributed by atoms with Crippen LogP contribution in [0.3, 0.4) is 0 Å². The van der Waals surface area contributed by atoms with Gasteiger partial charge in [0.1, 0.15) is 24.0 Å². The molecular weight excluding hydrogens is 262 g/mol. The first-order valence-electron chi connectivity index (χ1n) is 5.90. The van der Waals surface area contributed by atoms with Crippen LogP contribution in [0.5, 0.6) is 5.75 Å². The summed E-state index contributed by atoms with van der Waals surface area (Å²) in [5.74, 6) is 4.91. The van der Waals surface area contributed by atoms with Crippen molar-refractivity contribution in [1.82, 2.24) is 4.98 Å². The maximum Gasteiger partial charge on any atom is 0.139 e. The Hall–Kier alpha value is -2.45. The molecule has 20 heavy (non-hydrogen) atoms. The lowest BCUT2D eigenvalue weighted by atomic mass is 10.2. The molecule has 0 radical (unpaired) electrons. The molecule has 0 unspecified atom stereocenters. The van der Waals surface area contributed by atoms with Crippen molar-refractivity contribution >= 4 is 0 Å². The molecule has 0 aliphatic rings. The van der Waals surface area contributed by atoms with Crippen LogP contribution in [-0.4, -0.2) is 11.5 Å². The van der Waals surface area contributed by atoms with Crippen molar-refractivity contribution in [2.75, 3.05) is 6.54 Å². The van der Waals surface area contributed by atoms with Gasteiger partial charge in [-0.1, -0.05) is 11.8 Å². The number of rotatable bonds is 3. The van der Waals surface area contributed by atoms with E-state index in [0.717, 1.165) is 18.2 Å². The van der Waals surface area contributed by atoms with E-state index in [-0.39, 0.29) is 18.7 Å². The van der Waals surface area contributed by atoms with Gasteiger partial charge in [0.25, 0.3) is 0 Å². The number of ether oxygens (including phenoxy) is 1. The van der Waals surface area contributed by atoms with Gasteiger partial charge in [0.05, 0.1) is 12.7 Å². The van der Waals surface area contributed by atoms with Crippen LogP contribution in [0.15, 0.2) is 36.7 Å². The van der Waals surface area contributed by atoms with Gasteiger partial charge in [0, 0.05) is 17.3 Å². The monoisotopic (exact) mass is 274 g/mol. The first-order valence-corrected chi connectivity index (χ1v) is 5.90. The van der Waals surface area contributed by atoms with Gasteiger partial charge >= 0.3 is 0 Å². The summed E-state index contributed by atoms with van der Waals surface area (Å²) in [6, 6.07) is 4.88. The summed E-state index contributed by atoms with van der Waals surface area (Å²) < 4.78 is 31.8. The highest BCUT2D eigenvalue weighted by molar-refractivity contribution is 5.37. The van der Waals surface area contributed by atoms with Crippen LogP contribution in [0.2, 0.25) is 0 Å². The van der Waals surface area contributed by atoms with Gasteiger partial charge in [-0.05, 0) is 24.3 Å². The van der Waals surface area contributed by atoms with E-state index in [1.165, 1.54) is 6.20 Å². The molecule has 0 aliphatic heterocycles. The number of hydrogen-bond acceptors (Lipinski definition) is 3. The molecule has 102 valence electrons.